The summed E-state index contributed by atoms with van der Waals surface area (Å²) in [4.78, 5) is 14.3. The van der Waals surface area contributed by atoms with Gasteiger partial charge in [-0.05, 0) is 72.7 Å². The maximum Gasteiger partial charge on any atom is 0.246 e. The van der Waals surface area contributed by atoms with Gasteiger partial charge in [-0.2, -0.15) is 0 Å². The van der Waals surface area contributed by atoms with Gasteiger partial charge in [-0.25, -0.2) is 4.39 Å². The minimum Gasteiger partial charge on any atom is -0.367 e. The Bertz CT molecular complexity index is 991. The van der Waals surface area contributed by atoms with Gasteiger partial charge in [0.05, 0.1) is 6.61 Å². The summed E-state index contributed by atoms with van der Waals surface area (Å²) in [6.07, 6.45) is 2.04. The summed E-state index contributed by atoms with van der Waals surface area (Å²) < 4.78 is 18.0. The van der Waals surface area contributed by atoms with Gasteiger partial charge in [0.15, 0.2) is 0 Å². The summed E-state index contributed by atoms with van der Waals surface area (Å²) in [6.45, 7) is 2.00. The number of primary amides is 1. The Kier molecular flexibility index (Phi) is 5.53. The average molecular weight is 443 g/mol. The van der Waals surface area contributed by atoms with Crippen LogP contribution in [-0.2, 0) is 14.9 Å². The topological polar surface area (TPSA) is 55.6 Å². The van der Waals surface area contributed by atoms with Crippen LogP contribution in [0, 0.1) is 5.92 Å². The van der Waals surface area contributed by atoms with E-state index in [0.717, 1.165) is 43.9 Å². The number of piperidine rings is 1. The highest BCUT2D eigenvalue weighted by Gasteiger charge is 2.53. The summed E-state index contributed by atoms with van der Waals surface area (Å²) in [5.74, 6) is -0.00140. The number of carbonyl (C=O) groups excluding carboxylic acids is 1. The second kappa shape index (κ2) is 8.19. The van der Waals surface area contributed by atoms with Gasteiger partial charge in [0.2, 0.25) is 5.91 Å². The molecular weight excluding hydrogens is 415 g/mol. The smallest absolute Gasteiger partial charge is 0.246 e. The zero-order valence-electron chi connectivity index (χ0n) is 17.5. The summed E-state index contributed by atoms with van der Waals surface area (Å²) in [7, 11) is 0. The van der Waals surface area contributed by atoms with E-state index in [-0.39, 0.29) is 17.9 Å². The Morgan fingerprint density at radius 1 is 1.19 bits per heavy atom. The molecule has 4 nitrogen and oxygen atoms in total. The number of halogens is 2. The summed E-state index contributed by atoms with van der Waals surface area (Å²) in [5, 5.41) is 0.788. The highest BCUT2D eigenvalue weighted by Crippen LogP contribution is 2.60. The molecule has 3 atom stereocenters. The second-order valence-corrected chi connectivity index (χ2v) is 9.59. The quantitative estimate of drug-likeness (QED) is 0.704. The molecule has 1 fully saturated rings. The number of benzene rings is 2. The van der Waals surface area contributed by atoms with Crippen LogP contribution in [0.5, 0.6) is 0 Å². The van der Waals surface area contributed by atoms with E-state index in [1.165, 1.54) is 22.3 Å². The Morgan fingerprint density at radius 3 is 2.68 bits per heavy atom. The lowest BCUT2D eigenvalue weighted by atomic mass is 9.74. The van der Waals surface area contributed by atoms with E-state index in [1.54, 1.807) is 0 Å². The van der Waals surface area contributed by atoms with E-state index in [0.29, 0.717) is 5.92 Å². The van der Waals surface area contributed by atoms with Crippen LogP contribution in [0.25, 0.3) is 0 Å². The van der Waals surface area contributed by atoms with Crippen molar-refractivity contribution in [2.24, 2.45) is 11.7 Å². The fraction of sp³-hybridized carbons (Fsp3) is 0.480. The first-order chi connectivity index (χ1) is 15.0. The van der Waals surface area contributed by atoms with Crippen LogP contribution in [0.3, 0.4) is 0 Å². The third-order valence-corrected chi connectivity index (χ3v) is 7.75. The molecule has 5 rings (SSSR count). The van der Waals surface area contributed by atoms with E-state index in [4.69, 9.17) is 22.1 Å². The van der Waals surface area contributed by atoms with Gasteiger partial charge < -0.3 is 15.4 Å². The van der Waals surface area contributed by atoms with Gasteiger partial charge in [0.25, 0.3) is 0 Å². The number of fused-ring (bicyclic) bond motifs is 8. The first-order valence-electron chi connectivity index (χ1n) is 11.1. The number of hydrogen-bond acceptors (Lipinski definition) is 3. The van der Waals surface area contributed by atoms with Gasteiger partial charge in [-0.3, -0.25) is 4.79 Å². The molecule has 0 spiro atoms. The Hall–Kier alpha value is -1.95. The highest BCUT2D eigenvalue weighted by molar-refractivity contribution is 6.30. The van der Waals surface area contributed by atoms with Crippen molar-refractivity contribution < 1.29 is 13.9 Å². The number of carbonyl (C=O) groups is 1. The molecule has 1 amide bonds. The molecule has 3 aliphatic rings. The van der Waals surface area contributed by atoms with Crippen molar-refractivity contribution in [2.75, 3.05) is 32.9 Å². The Labute approximate surface area is 187 Å². The number of amides is 1. The normalized spacial score (nSPS) is 25.9. The molecule has 164 valence electrons. The number of hydrogen-bond donors (Lipinski definition) is 1. The summed E-state index contributed by atoms with van der Waals surface area (Å²) >= 11 is 6.42. The third-order valence-electron chi connectivity index (χ3n) is 7.52. The van der Waals surface area contributed by atoms with Gasteiger partial charge >= 0.3 is 0 Å². The Morgan fingerprint density at radius 2 is 1.94 bits per heavy atom. The molecule has 0 radical (unpaired) electrons. The predicted octanol–water partition coefficient (Wildman–Crippen LogP) is 4.03. The molecule has 1 heterocycles. The zero-order chi connectivity index (χ0) is 21.6. The van der Waals surface area contributed by atoms with Crippen molar-refractivity contribution >= 4 is 17.5 Å². The molecule has 6 heteroatoms. The fourth-order valence-corrected chi connectivity index (χ4v) is 6.41. The van der Waals surface area contributed by atoms with Crippen molar-refractivity contribution in [3.63, 3.8) is 0 Å². The number of nitrogens with zero attached hydrogens (tertiary/aromatic N) is 1. The SMILES string of the molecule is NC(=O)C(OCCF)C1CCN(CC23CC(c4ccccc42)c2ccc(Cl)cc23)CC1. The molecule has 0 aromatic heterocycles. The number of alkyl halides is 1. The Balaban J connectivity index is 1.37. The van der Waals surface area contributed by atoms with Crippen LogP contribution in [-0.4, -0.2) is 49.8 Å². The average Bonchev–Trinajstić information content (AvgIpc) is 3.26. The molecule has 31 heavy (non-hydrogen) atoms. The van der Waals surface area contributed by atoms with Crippen molar-refractivity contribution in [2.45, 2.75) is 36.7 Å². The summed E-state index contributed by atoms with van der Waals surface area (Å²) in [5.41, 5.74) is 11.1. The maximum atomic E-state index is 12.5. The number of ether oxygens (including phenoxy) is 1. The molecular formula is C25H28ClFN2O2. The van der Waals surface area contributed by atoms with Gasteiger partial charge in [-0.1, -0.05) is 41.9 Å². The van der Waals surface area contributed by atoms with E-state index in [2.05, 4.69) is 41.3 Å². The van der Waals surface area contributed by atoms with Gasteiger partial charge in [-0.15, -0.1) is 0 Å². The van der Waals surface area contributed by atoms with E-state index < -0.39 is 18.7 Å². The largest absolute Gasteiger partial charge is 0.367 e. The molecule has 1 saturated heterocycles. The second-order valence-electron chi connectivity index (χ2n) is 9.15. The highest BCUT2D eigenvalue weighted by atomic mass is 35.5. The molecule has 3 unspecified atom stereocenters. The minimum atomic E-state index is -0.696. The molecule has 2 aromatic carbocycles. The third kappa shape index (κ3) is 3.47. The van der Waals surface area contributed by atoms with Crippen molar-refractivity contribution in [1.29, 1.82) is 0 Å². The van der Waals surface area contributed by atoms with E-state index in [9.17, 15) is 9.18 Å². The first-order valence-corrected chi connectivity index (χ1v) is 11.5. The minimum absolute atomic E-state index is 0.0395. The number of nitrogens with two attached hydrogens (primary N) is 1. The van der Waals surface area contributed by atoms with Crippen LogP contribution in [0.15, 0.2) is 42.5 Å². The van der Waals surface area contributed by atoms with E-state index in [1.807, 2.05) is 6.07 Å². The molecule has 0 saturated carbocycles. The van der Waals surface area contributed by atoms with E-state index >= 15 is 0 Å². The molecule has 1 aliphatic heterocycles. The molecule has 2 bridgehead atoms. The van der Waals surface area contributed by atoms with Crippen LogP contribution < -0.4 is 5.73 Å². The van der Waals surface area contributed by atoms with Gasteiger partial charge in [0.1, 0.15) is 12.8 Å². The van der Waals surface area contributed by atoms with Gasteiger partial charge in [0, 0.05) is 22.9 Å². The summed E-state index contributed by atoms with van der Waals surface area (Å²) in [6, 6.07) is 15.2. The van der Waals surface area contributed by atoms with Crippen molar-refractivity contribution in [3.05, 3.63) is 69.7 Å². The lowest BCUT2D eigenvalue weighted by Gasteiger charge is -2.40. The van der Waals surface area contributed by atoms with Crippen LogP contribution in [0.4, 0.5) is 4.39 Å². The zero-order valence-corrected chi connectivity index (χ0v) is 18.3. The fourth-order valence-electron chi connectivity index (χ4n) is 6.24. The van der Waals surface area contributed by atoms with Crippen molar-refractivity contribution in [3.8, 4) is 0 Å². The lowest BCUT2D eigenvalue weighted by molar-refractivity contribution is -0.134. The monoisotopic (exact) mass is 442 g/mol. The first kappa shape index (κ1) is 20.9. The molecule has 2 N–H and O–H groups in total. The maximum absolute atomic E-state index is 12.5. The van der Waals surface area contributed by atoms with Crippen LogP contribution in [0.2, 0.25) is 5.02 Å². The van der Waals surface area contributed by atoms with Crippen LogP contribution >= 0.6 is 11.6 Å². The standard InChI is InChI=1S/C25H28ClFN2O2/c26-17-5-6-19-20-14-25(22(19)13-17,21-4-2-1-3-18(20)21)15-29-10-7-16(8-11-29)23(24(28)30)31-12-9-27/h1-6,13,16,20,23H,7-12,14-15H2,(H2,28,30). The molecule has 2 aliphatic carbocycles. The molecule has 2 aromatic rings. The lowest BCUT2D eigenvalue weighted by Crippen LogP contribution is -2.47. The van der Waals surface area contributed by atoms with Crippen molar-refractivity contribution in [1.82, 2.24) is 4.90 Å². The van der Waals surface area contributed by atoms with Crippen LogP contribution in [0.1, 0.15) is 47.4 Å². The predicted molar refractivity (Wildman–Crippen MR) is 119 cm³/mol. The number of rotatable bonds is 7. The number of likely N-dealkylation sites (tertiary alicyclic amines) is 1.